The van der Waals surface area contributed by atoms with Crippen LogP contribution < -0.4 is 15.8 Å². The maximum absolute atomic E-state index is 12.6. The second kappa shape index (κ2) is 7.80. The van der Waals surface area contributed by atoms with E-state index in [1.807, 2.05) is 19.1 Å². The standard InChI is InChI=1S/C21H23N5O2/c1-15(16-8-9-18(22-14-16)25-10-4-2-5-11-25)23-21(28)17-13-20(27)26-12-6-3-7-19(26)24-17/h3,6-9,12-15H,2,4-5,10-11H2,1H3,(H,23,28). The zero-order chi connectivity index (χ0) is 19.5. The van der Waals surface area contributed by atoms with E-state index >= 15 is 0 Å². The third-order valence-electron chi connectivity index (χ3n) is 5.10. The van der Waals surface area contributed by atoms with Crippen molar-refractivity contribution in [3.05, 3.63) is 70.4 Å². The third kappa shape index (κ3) is 3.74. The monoisotopic (exact) mass is 377 g/mol. The predicted molar refractivity (Wildman–Crippen MR) is 108 cm³/mol. The van der Waals surface area contributed by atoms with Crippen molar-refractivity contribution in [2.24, 2.45) is 0 Å². The van der Waals surface area contributed by atoms with Gasteiger partial charge >= 0.3 is 0 Å². The fourth-order valence-electron chi connectivity index (χ4n) is 3.49. The minimum Gasteiger partial charge on any atom is -0.357 e. The Labute approximate surface area is 163 Å². The molecule has 1 N–H and O–H groups in total. The highest BCUT2D eigenvalue weighted by Gasteiger charge is 2.16. The molecule has 1 saturated heterocycles. The highest BCUT2D eigenvalue weighted by molar-refractivity contribution is 5.92. The fourth-order valence-corrected chi connectivity index (χ4v) is 3.49. The van der Waals surface area contributed by atoms with Gasteiger partial charge in [0.25, 0.3) is 11.5 Å². The van der Waals surface area contributed by atoms with Crippen molar-refractivity contribution in [1.29, 1.82) is 0 Å². The van der Waals surface area contributed by atoms with Gasteiger partial charge in [0, 0.05) is 31.5 Å². The maximum Gasteiger partial charge on any atom is 0.270 e. The Morgan fingerprint density at radius 1 is 1.14 bits per heavy atom. The zero-order valence-corrected chi connectivity index (χ0v) is 15.8. The third-order valence-corrected chi connectivity index (χ3v) is 5.10. The molecule has 4 heterocycles. The van der Waals surface area contributed by atoms with Crippen LogP contribution in [0.1, 0.15) is 48.3 Å². The Bertz CT molecular complexity index is 1040. The number of carbonyl (C=O) groups is 1. The smallest absolute Gasteiger partial charge is 0.270 e. The van der Waals surface area contributed by atoms with Crippen LogP contribution >= 0.6 is 0 Å². The molecule has 0 radical (unpaired) electrons. The van der Waals surface area contributed by atoms with Crippen molar-refractivity contribution in [2.45, 2.75) is 32.2 Å². The van der Waals surface area contributed by atoms with Gasteiger partial charge in [0.2, 0.25) is 0 Å². The molecule has 0 aromatic carbocycles. The van der Waals surface area contributed by atoms with E-state index in [2.05, 4.69) is 20.2 Å². The second-order valence-corrected chi connectivity index (χ2v) is 7.10. The molecule has 1 aliphatic heterocycles. The molecular weight excluding hydrogens is 354 g/mol. The number of fused-ring (bicyclic) bond motifs is 1. The van der Waals surface area contributed by atoms with Crippen LogP contribution in [0.3, 0.4) is 0 Å². The first-order chi connectivity index (χ1) is 13.6. The van der Waals surface area contributed by atoms with E-state index in [0.717, 1.165) is 24.5 Å². The molecule has 1 atom stereocenters. The quantitative estimate of drug-likeness (QED) is 0.756. The van der Waals surface area contributed by atoms with Crippen LogP contribution in [0.4, 0.5) is 5.82 Å². The Morgan fingerprint density at radius 3 is 2.71 bits per heavy atom. The maximum atomic E-state index is 12.6. The van der Waals surface area contributed by atoms with Gasteiger partial charge in [0.1, 0.15) is 17.2 Å². The van der Waals surface area contributed by atoms with Crippen LogP contribution in [0.25, 0.3) is 5.65 Å². The number of nitrogens with one attached hydrogen (secondary N) is 1. The van der Waals surface area contributed by atoms with Crippen LogP contribution in [0.5, 0.6) is 0 Å². The summed E-state index contributed by atoms with van der Waals surface area (Å²) < 4.78 is 1.41. The van der Waals surface area contributed by atoms with Gasteiger partial charge in [-0.15, -0.1) is 0 Å². The molecule has 0 saturated carbocycles. The molecule has 1 fully saturated rings. The molecular formula is C21H23N5O2. The van der Waals surface area contributed by atoms with E-state index in [1.54, 1.807) is 30.6 Å². The molecule has 28 heavy (non-hydrogen) atoms. The summed E-state index contributed by atoms with van der Waals surface area (Å²) in [6.45, 7) is 3.98. The lowest BCUT2D eigenvalue weighted by atomic mass is 10.1. The number of pyridine rings is 2. The molecule has 3 aromatic heterocycles. The number of nitrogens with zero attached hydrogens (tertiary/aromatic N) is 4. The first-order valence-electron chi connectivity index (χ1n) is 9.62. The molecule has 7 nitrogen and oxygen atoms in total. The largest absolute Gasteiger partial charge is 0.357 e. The van der Waals surface area contributed by atoms with Crippen molar-refractivity contribution < 1.29 is 4.79 Å². The number of hydrogen-bond donors (Lipinski definition) is 1. The van der Waals surface area contributed by atoms with Crippen LogP contribution in [0, 0.1) is 0 Å². The van der Waals surface area contributed by atoms with Gasteiger partial charge in [-0.3, -0.25) is 14.0 Å². The lowest BCUT2D eigenvalue weighted by molar-refractivity contribution is 0.0935. The summed E-state index contributed by atoms with van der Waals surface area (Å²) in [5.41, 5.74) is 1.18. The molecule has 1 aliphatic rings. The average molecular weight is 377 g/mol. The number of piperidine rings is 1. The summed E-state index contributed by atoms with van der Waals surface area (Å²) in [4.78, 5) is 35.9. The molecule has 0 bridgehead atoms. The molecule has 144 valence electrons. The van der Waals surface area contributed by atoms with Gasteiger partial charge in [0.05, 0.1) is 6.04 Å². The number of amides is 1. The van der Waals surface area contributed by atoms with Crippen molar-refractivity contribution in [3.63, 3.8) is 0 Å². The molecule has 7 heteroatoms. The average Bonchev–Trinajstić information content (AvgIpc) is 2.74. The molecule has 1 amide bonds. The Balaban J connectivity index is 1.48. The number of aromatic nitrogens is 3. The number of carbonyl (C=O) groups excluding carboxylic acids is 1. The highest BCUT2D eigenvalue weighted by atomic mass is 16.2. The molecule has 4 rings (SSSR count). The van der Waals surface area contributed by atoms with E-state index in [4.69, 9.17) is 0 Å². The van der Waals surface area contributed by atoms with Crippen LogP contribution in [-0.4, -0.2) is 33.4 Å². The van der Waals surface area contributed by atoms with Gasteiger partial charge in [-0.1, -0.05) is 12.1 Å². The Morgan fingerprint density at radius 2 is 1.96 bits per heavy atom. The number of hydrogen-bond acceptors (Lipinski definition) is 5. The van der Waals surface area contributed by atoms with Gasteiger partial charge < -0.3 is 10.2 Å². The normalized spacial score (nSPS) is 15.4. The van der Waals surface area contributed by atoms with Crippen LogP contribution in [-0.2, 0) is 0 Å². The fraction of sp³-hybridized carbons (Fsp3) is 0.333. The van der Waals surface area contributed by atoms with Gasteiger partial charge in [0.15, 0.2) is 0 Å². The van der Waals surface area contributed by atoms with Crippen LogP contribution in [0.15, 0.2) is 53.6 Å². The van der Waals surface area contributed by atoms with E-state index in [9.17, 15) is 9.59 Å². The van der Waals surface area contributed by atoms with E-state index in [0.29, 0.717) is 5.65 Å². The lowest BCUT2D eigenvalue weighted by Gasteiger charge is -2.28. The Kier molecular flexibility index (Phi) is 5.06. The summed E-state index contributed by atoms with van der Waals surface area (Å²) in [6, 6.07) is 10.2. The lowest BCUT2D eigenvalue weighted by Crippen LogP contribution is -2.31. The summed E-state index contributed by atoms with van der Waals surface area (Å²) in [5.74, 6) is 0.599. The van der Waals surface area contributed by atoms with Gasteiger partial charge in [-0.2, -0.15) is 0 Å². The summed E-state index contributed by atoms with van der Waals surface area (Å²) in [7, 11) is 0. The molecule has 0 aliphatic carbocycles. The minimum absolute atomic E-state index is 0.112. The molecule has 0 spiro atoms. The first kappa shape index (κ1) is 18.2. The van der Waals surface area contributed by atoms with Crippen molar-refractivity contribution in [3.8, 4) is 0 Å². The summed E-state index contributed by atoms with van der Waals surface area (Å²) >= 11 is 0. The van der Waals surface area contributed by atoms with E-state index in [1.165, 1.54) is 29.7 Å². The zero-order valence-electron chi connectivity index (χ0n) is 15.8. The minimum atomic E-state index is -0.379. The second-order valence-electron chi connectivity index (χ2n) is 7.10. The van der Waals surface area contributed by atoms with E-state index < -0.39 is 0 Å². The predicted octanol–water partition coefficient (Wildman–Crippen LogP) is 2.57. The summed E-state index contributed by atoms with van der Waals surface area (Å²) in [5, 5.41) is 2.90. The Hall–Kier alpha value is -3.22. The topological polar surface area (TPSA) is 79.6 Å². The van der Waals surface area contributed by atoms with Gasteiger partial charge in [-0.05, 0) is 49.9 Å². The van der Waals surface area contributed by atoms with E-state index in [-0.39, 0.29) is 23.2 Å². The van der Waals surface area contributed by atoms with Gasteiger partial charge in [-0.25, -0.2) is 9.97 Å². The van der Waals surface area contributed by atoms with Crippen molar-refractivity contribution in [2.75, 3.05) is 18.0 Å². The van der Waals surface area contributed by atoms with Crippen LogP contribution in [0.2, 0.25) is 0 Å². The van der Waals surface area contributed by atoms with Crippen molar-refractivity contribution in [1.82, 2.24) is 19.7 Å². The van der Waals surface area contributed by atoms with Crippen molar-refractivity contribution >= 4 is 17.4 Å². The highest BCUT2D eigenvalue weighted by Crippen LogP contribution is 2.20. The molecule has 3 aromatic rings. The summed E-state index contributed by atoms with van der Waals surface area (Å²) in [6.07, 6.45) is 7.12. The number of anilines is 1. The first-order valence-corrected chi connectivity index (χ1v) is 9.62. The number of rotatable bonds is 4. The molecule has 1 unspecified atom stereocenters. The SMILES string of the molecule is CC(NC(=O)c1cc(=O)n2ccccc2n1)c1ccc(N2CCCCC2)nc1.